The van der Waals surface area contributed by atoms with Crippen molar-refractivity contribution in [2.45, 2.75) is 19.9 Å². The van der Waals surface area contributed by atoms with E-state index in [0.29, 0.717) is 8.95 Å². The van der Waals surface area contributed by atoms with E-state index < -0.39 is 17.9 Å². The Bertz CT molecular complexity index is 517. The van der Waals surface area contributed by atoms with Gasteiger partial charge in [-0.3, -0.25) is 4.79 Å². The van der Waals surface area contributed by atoms with Crippen molar-refractivity contribution in [1.29, 1.82) is 0 Å². The Balaban J connectivity index is 3.04. The molecular formula is C12H13Br2NO4. The standard InChI is InChI=1S/C12H13Br2NO4/c1-5(2)9(12(18)19)15-11(17)7-3-6(13)4-8(14)10(7)16/h3-5,9,16H,1-2H3,(H,15,17)(H,18,19). The largest absolute Gasteiger partial charge is 0.506 e. The number of phenols is 1. The van der Waals surface area contributed by atoms with E-state index in [1.807, 2.05) is 0 Å². The SMILES string of the molecule is CC(C)C(NC(=O)c1cc(Br)cc(Br)c1O)C(=O)O. The van der Waals surface area contributed by atoms with Crippen LogP contribution in [0.25, 0.3) is 0 Å². The predicted molar refractivity (Wildman–Crippen MR) is 77.2 cm³/mol. The molecule has 3 N–H and O–H groups in total. The number of rotatable bonds is 4. The first kappa shape index (κ1) is 16.0. The highest BCUT2D eigenvalue weighted by atomic mass is 79.9. The minimum absolute atomic E-state index is 0.00755. The summed E-state index contributed by atoms with van der Waals surface area (Å²) in [5.41, 5.74) is 0.00755. The summed E-state index contributed by atoms with van der Waals surface area (Å²) in [6.07, 6.45) is 0. The molecule has 1 aromatic rings. The quantitative estimate of drug-likeness (QED) is 0.732. The first-order chi connectivity index (χ1) is 8.73. The number of hydrogen-bond donors (Lipinski definition) is 3. The van der Waals surface area contributed by atoms with Crippen molar-refractivity contribution < 1.29 is 19.8 Å². The lowest BCUT2D eigenvalue weighted by molar-refractivity contribution is -0.140. The number of carboxylic acid groups (broad SMARTS) is 1. The molecule has 0 aliphatic heterocycles. The fourth-order valence-electron chi connectivity index (χ4n) is 1.47. The Labute approximate surface area is 127 Å². The number of benzene rings is 1. The molecule has 0 aromatic heterocycles. The summed E-state index contributed by atoms with van der Waals surface area (Å²) in [4.78, 5) is 23.0. The topological polar surface area (TPSA) is 86.6 Å². The third kappa shape index (κ3) is 3.94. The maximum atomic E-state index is 12.0. The molecule has 7 heteroatoms. The number of amides is 1. The number of nitrogens with one attached hydrogen (secondary N) is 1. The van der Waals surface area contributed by atoms with Gasteiger partial charge in [0.2, 0.25) is 0 Å². The van der Waals surface area contributed by atoms with Crippen molar-refractivity contribution >= 4 is 43.7 Å². The average Bonchev–Trinajstić information content (AvgIpc) is 2.29. The lowest BCUT2D eigenvalue weighted by atomic mass is 10.0. The Hall–Kier alpha value is -1.08. The van der Waals surface area contributed by atoms with Gasteiger partial charge in [-0.25, -0.2) is 4.79 Å². The van der Waals surface area contributed by atoms with Gasteiger partial charge in [-0.1, -0.05) is 29.8 Å². The van der Waals surface area contributed by atoms with Crippen LogP contribution in [0.3, 0.4) is 0 Å². The third-order valence-electron chi connectivity index (χ3n) is 2.49. The Morgan fingerprint density at radius 1 is 1.26 bits per heavy atom. The van der Waals surface area contributed by atoms with Crippen LogP contribution >= 0.6 is 31.9 Å². The third-order valence-corrected chi connectivity index (χ3v) is 3.55. The molecule has 104 valence electrons. The molecule has 1 amide bonds. The maximum Gasteiger partial charge on any atom is 0.326 e. The van der Waals surface area contributed by atoms with Crippen LogP contribution in [-0.4, -0.2) is 28.1 Å². The number of aliphatic carboxylic acids is 1. The molecule has 1 rings (SSSR count). The molecule has 1 atom stereocenters. The van der Waals surface area contributed by atoms with Crippen LogP contribution in [0.5, 0.6) is 5.75 Å². The van der Waals surface area contributed by atoms with E-state index in [4.69, 9.17) is 5.11 Å². The first-order valence-corrected chi connectivity index (χ1v) is 7.04. The summed E-state index contributed by atoms with van der Waals surface area (Å²) in [5, 5.41) is 21.2. The molecule has 0 aliphatic rings. The molecule has 0 heterocycles. The average molecular weight is 395 g/mol. The first-order valence-electron chi connectivity index (χ1n) is 5.45. The van der Waals surface area contributed by atoms with Gasteiger partial charge in [-0.05, 0) is 34.0 Å². The number of hydrogen-bond acceptors (Lipinski definition) is 3. The fraction of sp³-hybridized carbons (Fsp3) is 0.333. The van der Waals surface area contributed by atoms with Crippen molar-refractivity contribution in [3.05, 3.63) is 26.6 Å². The van der Waals surface area contributed by atoms with Crippen LogP contribution in [0, 0.1) is 5.92 Å². The van der Waals surface area contributed by atoms with Crippen molar-refractivity contribution in [3.63, 3.8) is 0 Å². The molecule has 1 aromatic carbocycles. The van der Waals surface area contributed by atoms with Gasteiger partial charge < -0.3 is 15.5 Å². The highest BCUT2D eigenvalue weighted by Gasteiger charge is 2.25. The molecule has 0 aliphatic carbocycles. The molecule has 0 fully saturated rings. The number of carbonyl (C=O) groups is 2. The van der Waals surface area contributed by atoms with Gasteiger partial charge in [-0.2, -0.15) is 0 Å². The lowest BCUT2D eigenvalue weighted by Gasteiger charge is -2.18. The van der Waals surface area contributed by atoms with Crippen molar-refractivity contribution in [2.24, 2.45) is 5.92 Å². The second-order valence-corrected chi connectivity index (χ2v) is 6.09. The number of carbonyl (C=O) groups excluding carboxylic acids is 1. The second kappa shape index (κ2) is 6.38. The normalized spacial score (nSPS) is 12.3. The van der Waals surface area contributed by atoms with Gasteiger partial charge in [0.1, 0.15) is 11.8 Å². The van der Waals surface area contributed by atoms with Gasteiger partial charge in [0, 0.05) is 4.47 Å². The van der Waals surface area contributed by atoms with Crippen LogP contribution in [0.4, 0.5) is 0 Å². The molecule has 0 spiro atoms. The van der Waals surface area contributed by atoms with Gasteiger partial charge in [0.25, 0.3) is 5.91 Å². The zero-order valence-electron chi connectivity index (χ0n) is 10.3. The molecule has 1 unspecified atom stereocenters. The smallest absolute Gasteiger partial charge is 0.326 e. The van der Waals surface area contributed by atoms with Crippen LogP contribution in [-0.2, 0) is 4.79 Å². The van der Waals surface area contributed by atoms with Gasteiger partial charge >= 0.3 is 5.97 Å². The van der Waals surface area contributed by atoms with Crippen LogP contribution in [0.1, 0.15) is 24.2 Å². The molecule has 0 bridgehead atoms. The van der Waals surface area contributed by atoms with E-state index in [2.05, 4.69) is 37.2 Å². The van der Waals surface area contributed by atoms with E-state index in [9.17, 15) is 14.7 Å². The van der Waals surface area contributed by atoms with Gasteiger partial charge in [0.15, 0.2) is 0 Å². The summed E-state index contributed by atoms with van der Waals surface area (Å²) in [5.74, 6) is -2.25. The predicted octanol–water partition coefficient (Wildman–Crippen LogP) is 2.76. The van der Waals surface area contributed by atoms with Crippen molar-refractivity contribution in [1.82, 2.24) is 5.32 Å². The Morgan fingerprint density at radius 2 is 1.84 bits per heavy atom. The van der Waals surface area contributed by atoms with Gasteiger partial charge in [0.05, 0.1) is 10.0 Å². The summed E-state index contributed by atoms with van der Waals surface area (Å²) < 4.78 is 0.946. The fourth-order valence-corrected chi connectivity index (χ4v) is 2.70. The number of aromatic hydroxyl groups is 1. The number of halogens is 2. The van der Waals surface area contributed by atoms with Crippen LogP contribution in [0.15, 0.2) is 21.1 Å². The maximum absolute atomic E-state index is 12.0. The Morgan fingerprint density at radius 3 is 2.32 bits per heavy atom. The molecule has 0 saturated heterocycles. The summed E-state index contributed by atoms with van der Waals surface area (Å²) in [6, 6.07) is 2.00. The summed E-state index contributed by atoms with van der Waals surface area (Å²) in [7, 11) is 0. The zero-order chi connectivity index (χ0) is 14.7. The minimum Gasteiger partial charge on any atom is -0.506 e. The van der Waals surface area contributed by atoms with E-state index in [1.54, 1.807) is 19.9 Å². The van der Waals surface area contributed by atoms with E-state index in [0.717, 1.165) is 0 Å². The molecule has 0 saturated carbocycles. The highest BCUT2D eigenvalue weighted by molar-refractivity contribution is 9.11. The summed E-state index contributed by atoms with van der Waals surface area (Å²) >= 11 is 6.32. The van der Waals surface area contributed by atoms with Crippen molar-refractivity contribution in [3.8, 4) is 5.75 Å². The number of carboxylic acids is 1. The number of phenolic OH excluding ortho intramolecular Hbond substituents is 1. The van der Waals surface area contributed by atoms with Crippen molar-refractivity contribution in [2.75, 3.05) is 0 Å². The lowest BCUT2D eigenvalue weighted by Crippen LogP contribution is -2.44. The van der Waals surface area contributed by atoms with Gasteiger partial charge in [-0.15, -0.1) is 0 Å². The van der Waals surface area contributed by atoms with E-state index in [1.165, 1.54) is 6.07 Å². The van der Waals surface area contributed by atoms with Crippen LogP contribution < -0.4 is 5.32 Å². The van der Waals surface area contributed by atoms with E-state index >= 15 is 0 Å². The minimum atomic E-state index is -1.11. The van der Waals surface area contributed by atoms with E-state index in [-0.39, 0.29) is 17.2 Å². The summed E-state index contributed by atoms with van der Waals surface area (Å²) in [6.45, 7) is 3.38. The second-order valence-electron chi connectivity index (χ2n) is 4.32. The zero-order valence-corrected chi connectivity index (χ0v) is 13.4. The molecule has 5 nitrogen and oxygen atoms in total. The highest BCUT2D eigenvalue weighted by Crippen LogP contribution is 2.31. The molecule has 19 heavy (non-hydrogen) atoms. The van der Waals surface area contributed by atoms with Crippen LogP contribution in [0.2, 0.25) is 0 Å². The monoisotopic (exact) mass is 393 g/mol. The molecular weight excluding hydrogens is 382 g/mol. The Kier molecular flexibility index (Phi) is 5.37. The molecule has 0 radical (unpaired) electrons.